The molecule has 1 fully saturated rings. The van der Waals surface area contributed by atoms with Crippen LogP contribution in [-0.4, -0.2) is 13.1 Å². The predicted molar refractivity (Wildman–Crippen MR) is 79.0 cm³/mol. The van der Waals surface area contributed by atoms with Crippen molar-refractivity contribution >= 4 is 0 Å². The molecule has 0 amide bonds. The first-order chi connectivity index (χ1) is 8.83. The molecule has 2 rings (SSSR count). The Kier molecular flexibility index (Phi) is 4.82. The minimum atomic E-state index is 0.447. The Bertz CT molecular complexity index is 340. The van der Waals surface area contributed by atoms with Gasteiger partial charge >= 0.3 is 0 Å². The van der Waals surface area contributed by atoms with Gasteiger partial charge in [0.25, 0.3) is 0 Å². The summed E-state index contributed by atoms with van der Waals surface area (Å²) < 4.78 is 0. The summed E-state index contributed by atoms with van der Waals surface area (Å²) in [5.41, 5.74) is 1.99. The second kappa shape index (κ2) is 6.38. The molecule has 18 heavy (non-hydrogen) atoms. The van der Waals surface area contributed by atoms with Crippen LogP contribution in [-0.2, 0) is 5.41 Å². The molecule has 1 aromatic carbocycles. The standard InChI is InChI=1S/C17H27N/c1-3-4-5-9-12-16(18-2)17(13-14-17)15-10-7-6-8-11-15/h6-8,10-11,16,18H,3-5,9,12-14H2,1-2H3. The summed E-state index contributed by atoms with van der Waals surface area (Å²) in [7, 11) is 2.13. The molecule has 1 nitrogen and oxygen atoms in total. The smallest absolute Gasteiger partial charge is 0.0161 e. The van der Waals surface area contributed by atoms with Crippen LogP contribution in [0, 0.1) is 0 Å². The lowest BCUT2D eigenvalue weighted by Crippen LogP contribution is -2.37. The van der Waals surface area contributed by atoms with Crippen LogP contribution >= 0.6 is 0 Å². The summed E-state index contributed by atoms with van der Waals surface area (Å²) in [6.45, 7) is 2.28. The van der Waals surface area contributed by atoms with Crippen molar-refractivity contribution in [1.29, 1.82) is 0 Å². The van der Waals surface area contributed by atoms with Gasteiger partial charge in [-0.2, -0.15) is 0 Å². The predicted octanol–water partition coefficient (Wildman–Crippen LogP) is 4.28. The molecule has 1 atom stereocenters. The van der Waals surface area contributed by atoms with Gasteiger partial charge in [-0.15, -0.1) is 0 Å². The number of hydrogen-bond donors (Lipinski definition) is 1. The Morgan fingerprint density at radius 1 is 1.11 bits per heavy atom. The lowest BCUT2D eigenvalue weighted by Gasteiger charge is -2.27. The molecular weight excluding hydrogens is 218 g/mol. The van der Waals surface area contributed by atoms with Crippen molar-refractivity contribution < 1.29 is 0 Å². The summed E-state index contributed by atoms with van der Waals surface area (Å²) in [6.07, 6.45) is 9.51. The summed E-state index contributed by atoms with van der Waals surface area (Å²) in [5, 5.41) is 3.58. The molecule has 1 saturated carbocycles. The maximum absolute atomic E-state index is 3.58. The molecular formula is C17H27N. The third-order valence-electron chi connectivity index (χ3n) is 4.50. The fourth-order valence-corrected chi connectivity index (χ4v) is 3.22. The van der Waals surface area contributed by atoms with E-state index in [1.807, 2.05) is 0 Å². The van der Waals surface area contributed by atoms with E-state index in [1.165, 1.54) is 44.9 Å². The molecule has 1 aliphatic carbocycles. The second-order valence-electron chi connectivity index (χ2n) is 5.71. The van der Waals surface area contributed by atoms with Crippen LogP contribution in [0.2, 0.25) is 0 Å². The van der Waals surface area contributed by atoms with Gasteiger partial charge in [0.2, 0.25) is 0 Å². The van der Waals surface area contributed by atoms with Crippen LogP contribution in [0.5, 0.6) is 0 Å². The number of hydrogen-bond acceptors (Lipinski definition) is 1. The zero-order valence-electron chi connectivity index (χ0n) is 11.9. The Hall–Kier alpha value is -0.820. The molecule has 1 N–H and O–H groups in total. The molecule has 1 unspecified atom stereocenters. The van der Waals surface area contributed by atoms with Gasteiger partial charge in [0, 0.05) is 11.5 Å². The van der Waals surface area contributed by atoms with E-state index in [0.717, 1.165) is 0 Å². The van der Waals surface area contributed by atoms with Crippen molar-refractivity contribution in [2.75, 3.05) is 7.05 Å². The van der Waals surface area contributed by atoms with Crippen molar-refractivity contribution in [3.8, 4) is 0 Å². The molecule has 0 aliphatic heterocycles. The maximum Gasteiger partial charge on any atom is 0.0161 e. The quantitative estimate of drug-likeness (QED) is 0.674. The number of benzene rings is 1. The Balaban J connectivity index is 1.95. The van der Waals surface area contributed by atoms with E-state index < -0.39 is 0 Å². The zero-order chi connectivity index (χ0) is 12.8. The Morgan fingerprint density at radius 3 is 2.39 bits per heavy atom. The zero-order valence-corrected chi connectivity index (χ0v) is 11.9. The van der Waals surface area contributed by atoms with Gasteiger partial charge in [-0.3, -0.25) is 0 Å². The molecule has 100 valence electrons. The topological polar surface area (TPSA) is 12.0 Å². The van der Waals surface area contributed by atoms with Gasteiger partial charge in [-0.1, -0.05) is 62.9 Å². The summed E-state index contributed by atoms with van der Waals surface area (Å²) >= 11 is 0. The largest absolute Gasteiger partial charge is 0.316 e. The first-order valence-electron chi connectivity index (χ1n) is 7.56. The molecule has 0 bridgehead atoms. The first kappa shape index (κ1) is 13.6. The molecule has 1 heteroatoms. The van der Waals surface area contributed by atoms with Gasteiger partial charge in [-0.05, 0) is 31.9 Å². The van der Waals surface area contributed by atoms with Crippen molar-refractivity contribution in [2.45, 2.75) is 63.3 Å². The monoisotopic (exact) mass is 245 g/mol. The lowest BCUT2D eigenvalue weighted by molar-refractivity contribution is 0.401. The molecule has 0 spiro atoms. The van der Waals surface area contributed by atoms with Crippen LogP contribution in [0.15, 0.2) is 30.3 Å². The maximum atomic E-state index is 3.58. The molecule has 0 saturated heterocycles. The average molecular weight is 245 g/mol. The van der Waals surface area contributed by atoms with Crippen LogP contribution < -0.4 is 5.32 Å². The van der Waals surface area contributed by atoms with Crippen LogP contribution in [0.4, 0.5) is 0 Å². The molecule has 0 radical (unpaired) electrons. The molecule has 0 heterocycles. The SMILES string of the molecule is CCCCCCC(NC)C1(c2ccccc2)CC1. The highest BCUT2D eigenvalue weighted by Crippen LogP contribution is 2.51. The molecule has 0 aromatic heterocycles. The minimum absolute atomic E-state index is 0.447. The Morgan fingerprint density at radius 2 is 1.83 bits per heavy atom. The first-order valence-corrected chi connectivity index (χ1v) is 7.56. The lowest BCUT2D eigenvalue weighted by atomic mass is 9.85. The van der Waals surface area contributed by atoms with Crippen LogP contribution in [0.3, 0.4) is 0 Å². The molecule has 1 aliphatic rings. The van der Waals surface area contributed by atoms with Crippen molar-refractivity contribution in [3.63, 3.8) is 0 Å². The van der Waals surface area contributed by atoms with E-state index in [4.69, 9.17) is 0 Å². The van der Waals surface area contributed by atoms with Crippen LogP contribution in [0.1, 0.15) is 57.4 Å². The Labute approximate surface area is 112 Å². The summed E-state index contributed by atoms with van der Waals surface area (Å²) in [6, 6.07) is 11.8. The molecule has 1 aromatic rings. The van der Waals surface area contributed by atoms with E-state index >= 15 is 0 Å². The highest BCUT2D eigenvalue weighted by Gasteiger charge is 2.49. The highest BCUT2D eigenvalue weighted by molar-refractivity contribution is 5.33. The van der Waals surface area contributed by atoms with E-state index in [2.05, 4.69) is 49.6 Å². The number of unbranched alkanes of at least 4 members (excludes halogenated alkanes) is 3. The number of likely N-dealkylation sites (N-methyl/N-ethyl adjacent to an activating group) is 1. The number of rotatable bonds is 8. The third kappa shape index (κ3) is 2.95. The van der Waals surface area contributed by atoms with E-state index in [0.29, 0.717) is 11.5 Å². The van der Waals surface area contributed by atoms with Crippen molar-refractivity contribution in [2.24, 2.45) is 0 Å². The van der Waals surface area contributed by atoms with Gasteiger partial charge in [0.1, 0.15) is 0 Å². The third-order valence-corrected chi connectivity index (χ3v) is 4.50. The summed E-state index contributed by atoms with van der Waals surface area (Å²) in [5.74, 6) is 0. The number of nitrogens with one attached hydrogen (secondary N) is 1. The minimum Gasteiger partial charge on any atom is -0.316 e. The van der Waals surface area contributed by atoms with Crippen molar-refractivity contribution in [3.05, 3.63) is 35.9 Å². The van der Waals surface area contributed by atoms with Crippen LogP contribution in [0.25, 0.3) is 0 Å². The fraction of sp³-hybridized carbons (Fsp3) is 0.647. The van der Waals surface area contributed by atoms with E-state index in [-0.39, 0.29) is 0 Å². The summed E-state index contributed by atoms with van der Waals surface area (Å²) in [4.78, 5) is 0. The normalized spacial score (nSPS) is 18.6. The van der Waals surface area contributed by atoms with E-state index in [9.17, 15) is 0 Å². The van der Waals surface area contributed by atoms with Gasteiger partial charge in [-0.25, -0.2) is 0 Å². The van der Waals surface area contributed by atoms with Gasteiger partial charge in [0.05, 0.1) is 0 Å². The fourth-order valence-electron chi connectivity index (χ4n) is 3.22. The average Bonchev–Trinajstić information content (AvgIpc) is 3.21. The van der Waals surface area contributed by atoms with Gasteiger partial charge in [0.15, 0.2) is 0 Å². The second-order valence-corrected chi connectivity index (χ2v) is 5.71. The van der Waals surface area contributed by atoms with Crippen molar-refractivity contribution in [1.82, 2.24) is 5.32 Å². The highest BCUT2D eigenvalue weighted by atomic mass is 14.9. The van der Waals surface area contributed by atoms with E-state index in [1.54, 1.807) is 5.56 Å². The van der Waals surface area contributed by atoms with Gasteiger partial charge < -0.3 is 5.32 Å².